The normalized spacial score (nSPS) is 22.8. The highest BCUT2D eigenvalue weighted by Gasteiger charge is 2.23. The predicted molar refractivity (Wildman–Crippen MR) is 88.0 cm³/mol. The highest BCUT2D eigenvalue weighted by atomic mass is 32.2. The Balaban J connectivity index is 1.86. The molecule has 0 heterocycles. The van der Waals surface area contributed by atoms with Gasteiger partial charge in [0.15, 0.2) is 0 Å². The van der Waals surface area contributed by atoms with Crippen molar-refractivity contribution < 1.29 is 9.72 Å². The van der Waals surface area contributed by atoms with Crippen molar-refractivity contribution in [1.29, 1.82) is 0 Å². The molecule has 1 amide bonds. The van der Waals surface area contributed by atoms with Crippen LogP contribution in [0, 0.1) is 16.0 Å². The predicted octanol–water partition coefficient (Wildman–Crippen LogP) is 3.77. The molecule has 6 heteroatoms. The molecule has 1 aliphatic rings. The second kappa shape index (κ2) is 7.63. The van der Waals surface area contributed by atoms with E-state index in [0.717, 1.165) is 17.7 Å². The van der Waals surface area contributed by atoms with Gasteiger partial charge >= 0.3 is 0 Å². The Bertz CT molecular complexity index is 533. The molecule has 3 atom stereocenters. The van der Waals surface area contributed by atoms with Crippen LogP contribution in [-0.2, 0) is 4.79 Å². The third-order valence-corrected chi connectivity index (χ3v) is 5.12. The van der Waals surface area contributed by atoms with Gasteiger partial charge in [0.25, 0.3) is 5.69 Å². The number of hydrogen-bond acceptors (Lipinski definition) is 4. The van der Waals surface area contributed by atoms with Gasteiger partial charge in [-0.25, -0.2) is 0 Å². The fraction of sp³-hybridized carbons (Fsp3) is 0.562. The minimum atomic E-state index is -0.422. The summed E-state index contributed by atoms with van der Waals surface area (Å²) in [5.74, 6) is 0.721. The first-order valence-electron chi connectivity index (χ1n) is 7.67. The Labute approximate surface area is 135 Å². The average Bonchev–Trinajstić information content (AvgIpc) is 2.47. The summed E-state index contributed by atoms with van der Waals surface area (Å²) in [4.78, 5) is 23.3. The maximum atomic E-state index is 12.3. The lowest BCUT2D eigenvalue weighted by Crippen LogP contribution is -2.41. The van der Waals surface area contributed by atoms with Gasteiger partial charge < -0.3 is 5.32 Å². The number of hydrogen-bond donors (Lipinski definition) is 1. The number of nitro groups is 1. The summed E-state index contributed by atoms with van der Waals surface area (Å²) in [6, 6.07) is 6.60. The SMILES string of the molecule is CC1CCCC(NC(=O)C(C)Sc2ccc([N+](=O)[O-])cc2)C1. The molecular formula is C16H22N2O3S. The summed E-state index contributed by atoms with van der Waals surface area (Å²) in [5, 5.41) is 13.5. The van der Waals surface area contributed by atoms with Crippen LogP contribution < -0.4 is 5.32 Å². The van der Waals surface area contributed by atoms with E-state index in [2.05, 4.69) is 12.2 Å². The van der Waals surface area contributed by atoms with E-state index in [1.807, 2.05) is 6.92 Å². The molecule has 0 spiro atoms. The fourth-order valence-electron chi connectivity index (χ4n) is 2.79. The third kappa shape index (κ3) is 4.73. The molecule has 0 aromatic heterocycles. The number of non-ortho nitro benzene ring substituents is 1. The first-order valence-corrected chi connectivity index (χ1v) is 8.55. The molecule has 5 nitrogen and oxygen atoms in total. The monoisotopic (exact) mass is 322 g/mol. The number of nitrogens with one attached hydrogen (secondary N) is 1. The standard InChI is InChI=1S/C16H22N2O3S/c1-11-4-3-5-13(10-11)17-16(19)12(2)22-15-8-6-14(7-9-15)18(20)21/h6-9,11-13H,3-5,10H2,1-2H3,(H,17,19). The molecule has 0 radical (unpaired) electrons. The van der Waals surface area contributed by atoms with Crippen LogP contribution in [0.2, 0.25) is 0 Å². The number of carbonyl (C=O) groups is 1. The Morgan fingerprint density at radius 2 is 2.05 bits per heavy atom. The van der Waals surface area contributed by atoms with Crippen LogP contribution in [0.3, 0.4) is 0 Å². The van der Waals surface area contributed by atoms with Crippen LogP contribution in [0.4, 0.5) is 5.69 Å². The molecule has 22 heavy (non-hydrogen) atoms. The molecule has 1 aromatic rings. The summed E-state index contributed by atoms with van der Waals surface area (Å²) in [7, 11) is 0. The van der Waals surface area contributed by atoms with E-state index < -0.39 is 4.92 Å². The maximum Gasteiger partial charge on any atom is 0.269 e. The first-order chi connectivity index (χ1) is 10.5. The number of benzene rings is 1. The largest absolute Gasteiger partial charge is 0.352 e. The van der Waals surface area contributed by atoms with Crippen molar-refractivity contribution in [1.82, 2.24) is 5.32 Å². The van der Waals surface area contributed by atoms with Crippen molar-refractivity contribution in [2.75, 3.05) is 0 Å². The quantitative estimate of drug-likeness (QED) is 0.509. The summed E-state index contributed by atoms with van der Waals surface area (Å²) in [6.45, 7) is 4.10. The van der Waals surface area contributed by atoms with Gasteiger partial charge in [-0.1, -0.05) is 19.8 Å². The number of nitro benzene ring substituents is 1. The van der Waals surface area contributed by atoms with Crippen LogP contribution in [0.15, 0.2) is 29.2 Å². The molecule has 0 bridgehead atoms. The minimum absolute atomic E-state index is 0.0439. The number of rotatable bonds is 5. The molecule has 2 rings (SSSR count). The maximum absolute atomic E-state index is 12.3. The summed E-state index contributed by atoms with van der Waals surface area (Å²) in [5.41, 5.74) is 0.0673. The van der Waals surface area contributed by atoms with Gasteiger partial charge in [0, 0.05) is 23.1 Å². The molecular weight excluding hydrogens is 300 g/mol. The van der Waals surface area contributed by atoms with Gasteiger partial charge in [0.05, 0.1) is 10.2 Å². The van der Waals surface area contributed by atoms with Gasteiger partial charge in [-0.05, 0) is 37.8 Å². The highest BCUT2D eigenvalue weighted by Crippen LogP contribution is 2.27. The van der Waals surface area contributed by atoms with E-state index in [-0.39, 0.29) is 22.9 Å². The molecule has 0 aliphatic heterocycles. The number of carbonyl (C=O) groups excluding carboxylic acids is 1. The van der Waals surface area contributed by atoms with Crippen molar-refractivity contribution in [3.63, 3.8) is 0 Å². The lowest BCUT2D eigenvalue weighted by Gasteiger charge is -2.28. The van der Waals surface area contributed by atoms with Crippen molar-refractivity contribution in [3.05, 3.63) is 34.4 Å². The minimum Gasteiger partial charge on any atom is -0.352 e. The Morgan fingerprint density at radius 3 is 2.64 bits per heavy atom. The average molecular weight is 322 g/mol. The van der Waals surface area contributed by atoms with Gasteiger partial charge in [-0.2, -0.15) is 0 Å². The molecule has 120 valence electrons. The zero-order valence-electron chi connectivity index (χ0n) is 13.0. The van der Waals surface area contributed by atoms with Crippen LogP contribution in [0.1, 0.15) is 39.5 Å². The van der Waals surface area contributed by atoms with Crippen LogP contribution in [0.5, 0.6) is 0 Å². The van der Waals surface area contributed by atoms with Crippen LogP contribution in [0.25, 0.3) is 0 Å². The Kier molecular flexibility index (Phi) is 5.83. The van der Waals surface area contributed by atoms with Crippen LogP contribution in [-0.4, -0.2) is 22.1 Å². The van der Waals surface area contributed by atoms with Gasteiger partial charge in [0.2, 0.25) is 5.91 Å². The van der Waals surface area contributed by atoms with E-state index in [0.29, 0.717) is 5.92 Å². The first kappa shape index (κ1) is 16.8. The van der Waals surface area contributed by atoms with Crippen molar-refractivity contribution in [3.8, 4) is 0 Å². The second-order valence-electron chi connectivity index (χ2n) is 5.99. The van der Waals surface area contributed by atoms with Crippen LogP contribution >= 0.6 is 11.8 Å². The zero-order valence-corrected chi connectivity index (χ0v) is 13.8. The molecule has 0 saturated heterocycles. The Morgan fingerprint density at radius 1 is 1.36 bits per heavy atom. The van der Waals surface area contributed by atoms with Crippen molar-refractivity contribution in [2.45, 2.75) is 55.7 Å². The van der Waals surface area contributed by atoms with Gasteiger partial charge in [-0.3, -0.25) is 14.9 Å². The third-order valence-electron chi connectivity index (χ3n) is 4.01. The second-order valence-corrected chi connectivity index (χ2v) is 7.40. The smallest absolute Gasteiger partial charge is 0.269 e. The Hall–Kier alpha value is -1.56. The highest BCUT2D eigenvalue weighted by molar-refractivity contribution is 8.00. The van der Waals surface area contributed by atoms with E-state index >= 15 is 0 Å². The molecule has 1 aromatic carbocycles. The van der Waals surface area contributed by atoms with Crippen molar-refractivity contribution >= 4 is 23.4 Å². The molecule has 3 unspecified atom stereocenters. The fourth-order valence-corrected chi connectivity index (χ4v) is 3.66. The summed E-state index contributed by atoms with van der Waals surface area (Å²) < 4.78 is 0. The molecule has 1 N–H and O–H groups in total. The zero-order chi connectivity index (χ0) is 16.1. The lowest BCUT2D eigenvalue weighted by atomic mass is 9.87. The van der Waals surface area contributed by atoms with E-state index in [9.17, 15) is 14.9 Å². The van der Waals surface area contributed by atoms with E-state index in [1.54, 1.807) is 12.1 Å². The summed E-state index contributed by atoms with van der Waals surface area (Å²) >= 11 is 1.43. The number of thioether (sulfide) groups is 1. The van der Waals surface area contributed by atoms with Gasteiger partial charge in [0.1, 0.15) is 0 Å². The lowest BCUT2D eigenvalue weighted by molar-refractivity contribution is -0.384. The van der Waals surface area contributed by atoms with Crippen molar-refractivity contribution in [2.24, 2.45) is 5.92 Å². The number of amides is 1. The van der Waals surface area contributed by atoms with E-state index in [1.165, 1.54) is 36.7 Å². The molecule has 1 aliphatic carbocycles. The summed E-state index contributed by atoms with van der Waals surface area (Å²) in [6.07, 6.45) is 4.54. The molecule has 1 fully saturated rings. The topological polar surface area (TPSA) is 72.2 Å². The van der Waals surface area contributed by atoms with E-state index in [4.69, 9.17) is 0 Å². The molecule has 1 saturated carbocycles. The number of nitrogens with zero attached hydrogens (tertiary/aromatic N) is 1. The van der Waals surface area contributed by atoms with Gasteiger partial charge in [-0.15, -0.1) is 11.8 Å².